The molecule has 0 atom stereocenters. The maximum absolute atomic E-state index is 11.3. The molecule has 0 saturated heterocycles. The van der Waals surface area contributed by atoms with Gasteiger partial charge in [-0.25, -0.2) is 0 Å². The largest absolute Gasteiger partial charge is 0.481 e. The van der Waals surface area contributed by atoms with Gasteiger partial charge in [0.1, 0.15) is 24.0 Å². The number of carbonyl (C=O) groups excluding carboxylic acids is 1. The lowest BCUT2D eigenvalue weighted by atomic mass is 10.1. The highest BCUT2D eigenvalue weighted by Gasteiger charge is 2.05. The molecular weight excluding hydrogens is 228 g/mol. The SMILES string of the molecule is C#CCOc1ccc(C=C(C#N)C(=O)NC)cc1. The van der Waals surface area contributed by atoms with Gasteiger partial charge in [-0.2, -0.15) is 5.26 Å². The van der Waals surface area contributed by atoms with Crippen LogP contribution in [0.4, 0.5) is 0 Å². The van der Waals surface area contributed by atoms with Gasteiger partial charge in [-0.15, -0.1) is 6.42 Å². The second-order valence-corrected chi connectivity index (χ2v) is 3.31. The number of nitriles is 1. The summed E-state index contributed by atoms with van der Waals surface area (Å²) >= 11 is 0. The molecule has 1 aromatic rings. The molecule has 0 fully saturated rings. The van der Waals surface area contributed by atoms with E-state index in [1.165, 1.54) is 13.1 Å². The van der Waals surface area contributed by atoms with E-state index in [4.69, 9.17) is 16.4 Å². The molecule has 1 rings (SSSR count). The number of benzene rings is 1. The van der Waals surface area contributed by atoms with Gasteiger partial charge < -0.3 is 10.1 Å². The molecule has 1 N–H and O–H groups in total. The van der Waals surface area contributed by atoms with E-state index >= 15 is 0 Å². The molecule has 0 saturated carbocycles. The van der Waals surface area contributed by atoms with Gasteiger partial charge in [0.25, 0.3) is 5.91 Å². The topological polar surface area (TPSA) is 62.1 Å². The number of ether oxygens (including phenoxy) is 1. The Labute approximate surface area is 106 Å². The molecule has 0 aliphatic rings. The van der Waals surface area contributed by atoms with Crippen LogP contribution in [0.5, 0.6) is 5.75 Å². The number of hydrogen-bond acceptors (Lipinski definition) is 3. The Morgan fingerprint density at radius 2 is 2.17 bits per heavy atom. The fraction of sp³-hybridized carbons (Fsp3) is 0.143. The van der Waals surface area contributed by atoms with E-state index < -0.39 is 5.91 Å². The third-order valence-electron chi connectivity index (χ3n) is 2.11. The summed E-state index contributed by atoms with van der Waals surface area (Å²) in [5, 5.41) is 11.2. The molecule has 1 aromatic carbocycles. The van der Waals surface area contributed by atoms with Gasteiger partial charge in [0.05, 0.1) is 0 Å². The molecule has 0 radical (unpaired) electrons. The third-order valence-corrected chi connectivity index (χ3v) is 2.11. The predicted octanol–water partition coefficient (Wildman–Crippen LogP) is 1.35. The first-order valence-corrected chi connectivity index (χ1v) is 5.21. The number of nitrogens with one attached hydrogen (secondary N) is 1. The average Bonchev–Trinajstić information content (AvgIpc) is 2.43. The minimum Gasteiger partial charge on any atom is -0.481 e. The van der Waals surface area contributed by atoms with Gasteiger partial charge >= 0.3 is 0 Å². The fourth-order valence-corrected chi connectivity index (χ4v) is 1.24. The van der Waals surface area contributed by atoms with Gasteiger partial charge in [0.15, 0.2) is 0 Å². The Balaban J connectivity index is 2.86. The van der Waals surface area contributed by atoms with Crippen molar-refractivity contribution < 1.29 is 9.53 Å². The van der Waals surface area contributed by atoms with Crippen LogP contribution >= 0.6 is 0 Å². The van der Waals surface area contributed by atoms with Crippen molar-refractivity contribution in [1.82, 2.24) is 5.32 Å². The lowest BCUT2D eigenvalue weighted by Gasteiger charge is -2.02. The monoisotopic (exact) mass is 240 g/mol. The van der Waals surface area contributed by atoms with Gasteiger partial charge in [-0.05, 0) is 23.8 Å². The summed E-state index contributed by atoms with van der Waals surface area (Å²) in [5.74, 6) is 2.59. The van der Waals surface area contributed by atoms with Crippen LogP contribution in [0.25, 0.3) is 6.08 Å². The number of amides is 1. The molecular formula is C14H12N2O2. The minimum absolute atomic E-state index is 0.0507. The summed E-state index contributed by atoms with van der Waals surface area (Å²) in [4.78, 5) is 11.3. The molecule has 0 unspecified atom stereocenters. The van der Waals surface area contributed by atoms with Crippen LogP contribution in [0.15, 0.2) is 29.8 Å². The number of hydrogen-bond donors (Lipinski definition) is 1. The molecule has 0 aliphatic heterocycles. The zero-order chi connectivity index (χ0) is 13.4. The highest BCUT2D eigenvalue weighted by atomic mass is 16.5. The first-order chi connectivity index (χ1) is 8.71. The molecule has 0 heterocycles. The van der Waals surface area contributed by atoms with E-state index in [-0.39, 0.29) is 12.2 Å². The lowest BCUT2D eigenvalue weighted by molar-refractivity contribution is -0.116. The normalized spacial score (nSPS) is 10.1. The van der Waals surface area contributed by atoms with Crippen molar-refractivity contribution in [2.24, 2.45) is 0 Å². The van der Waals surface area contributed by atoms with E-state index in [9.17, 15) is 4.79 Å². The zero-order valence-electron chi connectivity index (χ0n) is 9.93. The summed E-state index contributed by atoms with van der Waals surface area (Å²) < 4.78 is 5.21. The standard InChI is InChI=1S/C14H12N2O2/c1-3-8-18-13-6-4-11(5-7-13)9-12(10-15)14(17)16-2/h1,4-7,9H,8H2,2H3,(H,16,17). The highest BCUT2D eigenvalue weighted by molar-refractivity contribution is 6.01. The second-order valence-electron chi connectivity index (χ2n) is 3.31. The summed E-state index contributed by atoms with van der Waals surface area (Å²) in [6.07, 6.45) is 6.58. The van der Waals surface area contributed by atoms with Crippen LogP contribution in [0.3, 0.4) is 0 Å². The average molecular weight is 240 g/mol. The van der Waals surface area contributed by atoms with E-state index in [2.05, 4.69) is 11.2 Å². The number of likely N-dealkylation sites (N-methyl/N-ethyl adjacent to an activating group) is 1. The van der Waals surface area contributed by atoms with Crippen LogP contribution in [0, 0.1) is 23.7 Å². The third kappa shape index (κ3) is 3.70. The van der Waals surface area contributed by atoms with Crippen molar-refractivity contribution in [3.63, 3.8) is 0 Å². The molecule has 18 heavy (non-hydrogen) atoms. The maximum atomic E-state index is 11.3. The van der Waals surface area contributed by atoms with Gasteiger partial charge in [0.2, 0.25) is 0 Å². The predicted molar refractivity (Wildman–Crippen MR) is 68.4 cm³/mol. The van der Waals surface area contributed by atoms with Gasteiger partial charge in [-0.3, -0.25) is 4.79 Å². The van der Waals surface area contributed by atoms with E-state index in [0.29, 0.717) is 5.75 Å². The molecule has 0 aromatic heterocycles. The number of rotatable bonds is 4. The van der Waals surface area contributed by atoms with Crippen LogP contribution in [0.1, 0.15) is 5.56 Å². The Bertz CT molecular complexity index is 530. The van der Waals surface area contributed by atoms with Crippen molar-refractivity contribution in [3.05, 3.63) is 35.4 Å². The molecule has 0 aliphatic carbocycles. The summed E-state index contributed by atoms with van der Waals surface area (Å²) in [7, 11) is 1.48. The van der Waals surface area contributed by atoms with E-state index in [1.807, 2.05) is 6.07 Å². The molecule has 4 heteroatoms. The molecule has 90 valence electrons. The second kappa shape index (κ2) is 6.78. The van der Waals surface area contributed by atoms with Crippen molar-refractivity contribution in [3.8, 4) is 24.2 Å². The van der Waals surface area contributed by atoms with Crippen molar-refractivity contribution >= 4 is 12.0 Å². The first-order valence-electron chi connectivity index (χ1n) is 5.21. The summed E-state index contributed by atoms with van der Waals surface area (Å²) in [5.41, 5.74) is 0.790. The van der Waals surface area contributed by atoms with Crippen molar-refractivity contribution in [1.29, 1.82) is 5.26 Å². The molecule has 4 nitrogen and oxygen atoms in total. The highest BCUT2D eigenvalue weighted by Crippen LogP contribution is 2.14. The van der Waals surface area contributed by atoms with Crippen LogP contribution in [-0.2, 0) is 4.79 Å². The zero-order valence-corrected chi connectivity index (χ0v) is 9.93. The number of carbonyl (C=O) groups is 1. The molecule has 0 bridgehead atoms. The van der Waals surface area contributed by atoms with Crippen molar-refractivity contribution in [2.75, 3.05) is 13.7 Å². The number of terminal acetylenes is 1. The van der Waals surface area contributed by atoms with Crippen LogP contribution in [-0.4, -0.2) is 19.6 Å². The van der Waals surface area contributed by atoms with E-state index in [0.717, 1.165) is 5.56 Å². The summed E-state index contributed by atoms with van der Waals surface area (Å²) in [6, 6.07) is 8.77. The number of nitrogens with zero attached hydrogens (tertiary/aromatic N) is 1. The Hall–Kier alpha value is -2.72. The molecule has 0 spiro atoms. The Morgan fingerprint density at radius 3 is 2.67 bits per heavy atom. The van der Waals surface area contributed by atoms with Crippen LogP contribution in [0.2, 0.25) is 0 Å². The Kier molecular flexibility index (Phi) is 5.02. The van der Waals surface area contributed by atoms with Gasteiger partial charge in [-0.1, -0.05) is 18.1 Å². The van der Waals surface area contributed by atoms with Gasteiger partial charge in [0, 0.05) is 7.05 Å². The summed E-state index contributed by atoms with van der Waals surface area (Å²) in [6.45, 7) is 0.205. The fourth-order valence-electron chi connectivity index (χ4n) is 1.24. The van der Waals surface area contributed by atoms with Crippen molar-refractivity contribution in [2.45, 2.75) is 0 Å². The minimum atomic E-state index is -0.412. The Morgan fingerprint density at radius 1 is 1.50 bits per heavy atom. The lowest BCUT2D eigenvalue weighted by Crippen LogP contribution is -2.19. The quantitative estimate of drug-likeness (QED) is 0.491. The molecule has 1 amide bonds. The smallest absolute Gasteiger partial charge is 0.261 e. The first kappa shape index (κ1) is 13.3. The van der Waals surface area contributed by atoms with Crippen LogP contribution < -0.4 is 10.1 Å². The van der Waals surface area contributed by atoms with E-state index in [1.54, 1.807) is 24.3 Å². The maximum Gasteiger partial charge on any atom is 0.261 e.